The van der Waals surface area contributed by atoms with Gasteiger partial charge in [-0.25, -0.2) is 4.98 Å². The molecule has 0 saturated heterocycles. The van der Waals surface area contributed by atoms with Crippen molar-refractivity contribution in [1.82, 2.24) is 9.97 Å². The summed E-state index contributed by atoms with van der Waals surface area (Å²) in [6, 6.07) is 3.96. The fraction of sp³-hybridized carbons (Fsp3) is 0.167. The van der Waals surface area contributed by atoms with E-state index in [1.165, 1.54) is 11.1 Å². The average Bonchev–Trinajstić information content (AvgIpc) is 2.30. The summed E-state index contributed by atoms with van der Waals surface area (Å²) in [4.78, 5) is 8.41. The van der Waals surface area contributed by atoms with Crippen molar-refractivity contribution < 1.29 is 0 Å². The Morgan fingerprint density at radius 1 is 1.29 bits per heavy atom. The zero-order chi connectivity index (χ0) is 12.3. The van der Waals surface area contributed by atoms with E-state index in [1.54, 1.807) is 12.4 Å². The van der Waals surface area contributed by atoms with Gasteiger partial charge in [-0.1, -0.05) is 0 Å². The molecule has 5 heteroatoms. The number of halogens is 2. The van der Waals surface area contributed by atoms with E-state index < -0.39 is 0 Å². The molecule has 0 unspecified atom stereocenters. The number of hydrogen-bond acceptors (Lipinski definition) is 3. The summed E-state index contributed by atoms with van der Waals surface area (Å²) >= 11 is 6.84. The smallest absolute Gasteiger partial charge is 0.140 e. The quantitative estimate of drug-likeness (QED) is 0.905. The van der Waals surface area contributed by atoms with Crippen molar-refractivity contribution >= 4 is 37.7 Å². The molecule has 0 amide bonds. The molecule has 1 N–H and O–H groups in total. The highest BCUT2D eigenvalue weighted by molar-refractivity contribution is 9.11. The summed E-state index contributed by atoms with van der Waals surface area (Å²) in [6.45, 7) is 2.79. The molecule has 0 saturated carbocycles. The number of pyridine rings is 2. The zero-order valence-electron chi connectivity index (χ0n) is 9.24. The van der Waals surface area contributed by atoms with Crippen LogP contribution in [-0.4, -0.2) is 9.97 Å². The molecule has 0 bridgehead atoms. The fourth-order valence-corrected chi connectivity index (χ4v) is 2.53. The molecule has 2 rings (SSSR count). The molecule has 2 aromatic rings. The van der Waals surface area contributed by atoms with E-state index in [1.807, 2.05) is 18.3 Å². The van der Waals surface area contributed by atoms with Crippen LogP contribution in [-0.2, 0) is 6.54 Å². The third kappa shape index (κ3) is 3.26. The predicted octanol–water partition coefficient (Wildman–Crippen LogP) is 3.92. The molecule has 2 heterocycles. The Balaban J connectivity index is 2.10. The lowest BCUT2D eigenvalue weighted by molar-refractivity contribution is 1.06. The van der Waals surface area contributed by atoms with Gasteiger partial charge in [-0.05, 0) is 62.0 Å². The molecule has 88 valence electrons. The van der Waals surface area contributed by atoms with Crippen molar-refractivity contribution in [2.24, 2.45) is 0 Å². The Hall–Kier alpha value is -0.940. The Kier molecular flexibility index (Phi) is 4.12. The molecule has 17 heavy (non-hydrogen) atoms. The molecule has 0 aliphatic heterocycles. The minimum absolute atomic E-state index is 0.715. The zero-order valence-corrected chi connectivity index (χ0v) is 12.4. The van der Waals surface area contributed by atoms with Crippen LogP contribution < -0.4 is 5.32 Å². The maximum atomic E-state index is 4.30. The molecule has 3 nitrogen and oxygen atoms in total. The number of aryl methyl sites for hydroxylation is 1. The van der Waals surface area contributed by atoms with Gasteiger partial charge in [0.15, 0.2) is 0 Å². The summed E-state index contributed by atoms with van der Waals surface area (Å²) in [6.07, 6.45) is 5.44. The van der Waals surface area contributed by atoms with Crippen molar-refractivity contribution in [3.63, 3.8) is 0 Å². The molecule has 0 spiro atoms. The van der Waals surface area contributed by atoms with Crippen LogP contribution in [0.25, 0.3) is 0 Å². The topological polar surface area (TPSA) is 37.8 Å². The third-order valence-electron chi connectivity index (χ3n) is 2.40. The fourth-order valence-electron chi connectivity index (χ4n) is 1.41. The Labute approximate surface area is 117 Å². The lowest BCUT2D eigenvalue weighted by Crippen LogP contribution is -2.03. The summed E-state index contributed by atoms with van der Waals surface area (Å²) < 4.78 is 1.89. The highest BCUT2D eigenvalue weighted by Crippen LogP contribution is 2.24. The van der Waals surface area contributed by atoms with E-state index in [4.69, 9.17) is 0 Å². The largest absolute Gasteiger partial charge is 0.365 e. The van der Waals surface area contributed by atoms with Gasteiger partial charge < -0.3 is 5.32 Å². The van der Waals surface area contributed by atoms with Gasteiger partial charge in [-0.15, -0.1) is 0 Å². The highest BCUT2D eigenvalue weighted by atomic mass is 79.9. The van der Waals surface area contributed by atoms with Crippen molar-refractivity contribution in [2.75, 3.05) is 5.32 Å². The molecular formula is C12H11Br2N3. The predicted molar refractivity (Wildman–Crippen MR) is 75.9 cm³/mol. The number of aromatic nitrogens is 2. The number of rotatable bonds is 3. The Morgan fingerprint density at radius 2 is 2.12 bits per heavy atom. The van der Waals surface area contributed by atoms with E-state index in [9.17, 15) is 0 Å². The van der Waals surface area contributed by atoms with Crippen molar-refractivity contribution in [3.8, 4) is 0 Å². The van der Waals surface area contributed by atoms with Crippen LogP contribution in [0.15, 0.2) is 39.7 Å². The maximum absolute atomic E-state index is 4.30. The third-order valence-corrected chi connectivity index (χ3v) is 3.44. The first-order valence-electron chi connectivity index (χ1n) is 5.11. The minimum atomic E-state index is 0.715. The van der Waals surface area contributed by atoms with Crippen LogP contribution in [0.5, 0.6) is 0 Å². The molecular weight excluding hydrogens is 346 g/mol. The summed E-state index contributed by atoms with van der Waals surface area (Å²) in [5.74, 6) is 0.830. The summed E-state index contributed by atoms with van der Waals surface area (Å²) in [7, 11) is 0. The average molecular weight is 357 g/mol. The molecule has 0 aliphatic rings. The first kappa shape index (κ1) is 12.5. The van der Waals surface area contributed by atoms with E-state index in [0.717, 1.165) is 14.8 Å². The van der Waals surface area contributed by atoms with Gasteiger partial charge in [0, 0.05) is 29.6 Å². The molecule has 0 fully saturated rings. The second kappa shape index (κ2) is 5.60. The number of nitrogens with zero attached hydrogens (tertiary/aromatic N) is 2. The second-order valence-corrected chi connectivity index (χ2v) is 5.41. The van der Waals surface area contributed by atoms with Crippen LogP contribution in [0, 0.1) is 6.92 Å². The number of anilines is 1. The van der Waals surface area contributed by atoms with Gasteiger partial charge in [0.05, 0.1) is 4.47 Å². The minimum Gasteiger partial charge on any atom is -0.365 e. The summed E-state index contributed by atoms with van der Waals surface area (Å²) in [5, 5.41) is 3.28. The second-order valence-electron chi connectivity index (χ2n) is 3.64. The Morgan fingerprint density at radius 3 is 2.82 bits per heavy atom. The molecule has 0 radical (unpaired) electrons. The van der Waals surface area contributed by atoms with Gasteiger partial charge in [-0.3, -0.25) is 4.98 Å². The van der Waals surface area contributed by atoms with Crippen LogP contribution in [0.1, 0.15) is 11.1 Å². The summed E-state index contributed by atoms with van der Waals surface area (Å²) in [5.41, 5.74) is 2.39. The van der Waals surface area contributed by atoms with Gasteiger partial charge in [-0.2, -0.15) is 0 Å². The van der Waals surface area contributed by atoms with Crippen LogP contribution >= 0.6 is 31.9 Å². The van der Waals surface area contributed by atoms with Crippen molar-refractivity contribution in [2.45, 2.75) is 13.5 Å². The van der Waals surface area contributed by atoms with Crippen LogP contribution in [0.4, 0.5) is 5.82 Å². The number of hydrogen-bond donors (Lipinski definition) is 1. The van der Waals surface area contributed by atoms with Crippen LogP contribution in [0.3, 0.4) is 0 Å². The Bertz CT molecular complexity index is 529. The van der Waals surface area contributed by atoms with E-state index in [-0.39, 0.29) is 0 Å². The highest BCUT2D eigenvalue weighted by Gasteiger charge is 2.03. The van der Waals surface area contributed by atoms with Crippen LogP contribution in [0.2, 0.25) is 0 Å². The van der Waals surface area contributed by atoms with Gasteiger partial charge >= 0.3 is 0 Å². The van der Waals surface area contributed by atoms with Gasteiger partial charge in [0.2, 0.25) is 0 Å². The molecule has 2 aromatic heterocycles. The normalized spacial score (nSPS) is 10.3. The van der Waals surface area contributed by atoms with Gasteiger partial charge in [0.1, 0.15) is 5.82 Å². The standard InChI is InChI=1S/C12H11Br2N3/c1-8-2-3-15-5-9(8)6-16-12-11(14)4-10(13)7-17-12/h2-5,7H,6H2,1H3,(H,16,17). The molecule has 0 atom stereocenters. The SMILES string of the molecule is Cc1ccncc1CNc1ncc(Br)cc1Br. The monoisotopic (exact) mass is 355 g/mol. The van der Waals surface area contributed by atoms with E-state index in [2.05, 4.69) is 54.1 Å². The first-order chi connectivity index (χ1) is 8.16. The van der Waals surface area contributed by atoms with Crippen molar-refractivity contribution in [3.05, 3.63) is 50.8 Å². The lowest BCUT2D eigenvalue weighted by atomic mass is 10.1. The van der Waals surface area contributed by atoms with Gasteiger partial charge in [0.25, 0.3) is 0 Å². The molecule has 0 aliphatic carbocycles. The van der Waals surface area contributed by atoms with E-state index >= 15 is 0 Å². The van der Waals surface area contributed by atoms with E-state index in [0.29, 0.717) is 6.54 Å². The first-order valence-corrected chi connectivity index (χ1v) is 6.70. The lowest BCUT2D eigenvalue weighted by Gasteiger charge is -2.09. The number of nitrogens with one attached hydrogen (secondary N) is 1. The van der Waals surface area contributed by atoms with Crippen molar-refractivity contribution in [1.29, 1.82) is 0 Å². The molecule has 0 aromatic carbocycles. The maximum Gasteiger partial charge on any atom is 0.140 e.